The predicted octanol–water partition coefficient (Wildman–Crippen LogP) is 3.87. The van der Waals surface area contributed by atoms with Crippen LogP contribution in [0, 0.1) is 0 Å². The van der Waals surface area contributed by atoms with Crippen LogP contribution < -0.4 is 14.4 Å². The van der Waals surface area contributed by atoms with Crippen molar-refractivity contribution in [1.29, 1.82) is 0 Å². The van der Waals surface area contributed by atoms with Gasteiger partial charge in [0.1, 0.15) is 5.75 Å². The number of benzene rings is 2. The van der Waals surface area contributed by atoms with Gasteiger partial charge in [-0.25, -0.2) is 18.0 Å². The summed E-state index contributed by atoms with van der Waals surface area (Å²) >= 11 is 6.07. The van der Waals surface area contributed by atoms with E-state index in [2.05, 4.69) is 4.72 Å². The molecule has 0 saturated carbocycles. The predicted molar refractivity (Wildman–Crippen MR) is 132 cm³/mol. The van der Waals surface area contributed by atoms with Crippen molar-refractivity contribution in [3.8, 4) is 5.75 Å². The van der Waals surface area contributed by atoms with E-state index in [1.165, 1.54) is 37.4 Å². The van der Waals surface area contributed by atoms with Gasteiger partial charge in [-0.3, -0.25) is 4.72 Å². The maximum absolute atomic E-state index is 13.0. The number of methoxy groups -OCH3 is 1. The molecule has 0 aromatic heterocycles. The van der Waals surface area contributed by atoms with Crippen LogP contribution in [0.5, 0.6) is 5.75 Å². The molecule has 10 nitrogen and oxygen atoms in total. The second-order valence-corrected chi connectivity index (χ2v) is 9.71. The molecular weight excluding hydrogens is 543 g/mol. The molecule has 0 aliphatic heterocycles. The zero-order chi connectivity index (χ0) is 28.6. The molecule has 15 heteroatoms. The lowest BCUT2D eigenvalue weighted by Crippen LogP contribution is -2.32. The summed E-state index contributed by atoms with van der Waals surface area (Å²) in [4.78, 5) is 24.3. The summed E-state index contributed by atoms with van der Waals surface area (Å²) in [6.45, 7) is 3.94. The minimum atomic E-state index is -5.08. The normalized spacial score (nSPS) is 11.4. The van der Waals surface area contributed by atoms with Crippen molar-refractivity contribution in [2.45, 2.75) is 18.0 Å². The van der Waals surface area contributed by atoms with Crippen LogP contribution in [0.3, 0.4) is 0 Å². The summed E-state index contributed by atoms with van der Waals surface area (Å²) in [5.74, 6) is -3.55. The molecule has 3 N–H and O–H groups in total. The van der Waals surface area contributed by atoms with Crippen LogP contribution in [0.15, 0.2) is 41.3 Å². The number of nitrogens with one attached hydrogen (secondary N) is 1. The van der Waals surface area contributed by atoms with Crippen molar-refractivity contribution in [3.63, 3.8) is 0 Å². The van der Waals surface area contributed by atoms with E-state index in [1.54, 1.807) is 6.07 Å². The van der Waals surface area contributed by atoms with E-state index in [-0.39, 0.29) is 21.2 Å². The number of ether oxygens (including phenoxy) is 1. The van der Waals surface area contributed by atoms with Crippen LogP contribution in [0.4, 0.5) is 24.5 Å². The number of halogens is 4. The summed E-state index contributed by atoms with van der Waals surface area (Å²) in [7, 11) is 1.30. The smallest absolute Gasteiger partial charge is 0.490 e. The summed E-state index contributed by atoms with van der Waals surface area (Å²) in [6.07, 6.45) is -5.08. The highest BCUT2D eigenvalue weighted by Crippen LogP contribution is 2.32. The number of rotatable bonds is 10. The zero-order valence-electron chi connectivity index (χ0n) is 20.3. The zero-order valence-corrected chi connectivity index (χ0v) is 21.9. The van der Waals surface area contributed by atoms with Crippen LogP contribution in [0.1, 0.15) is 17.3 Å². The molecule has 0 bridgehead atoms. The van der Waals surface area contributed by atoms with Crippen molar-refractivity contribution >= 4 is 44.9 Å². The summed E-state index contributed by atoms with van der Waals surface area (Å²) in [6, 6.07) is 8.50. The molecule has 0 amide bonds. The molecule has 0 aliphatic carbocycles. The maximum Gasteiger partial charge on any atom is 0.490 e. The van der Waals surface area contributed by atoms with Crippen molar-refractivity contribution < 1.29 is 46.1 Å². The fraction of sp³-hybridized carbons (Fsp3) is 0.364. The standard InChI is InChI=1S/C20H26ClN3O5S.C2HF3O2/c1-5-24(11-10-23(2)3)18-8-6-14(20(25)26)12-17(18)22-30(27,28)15-7-9-19(29-4)16(21)13-15;3-2(4,5)1(6)7/h6-9,12-13,22H,5,10-11H2,1-4H3,(H,25,26);(H,6,7). The van der Waals surface area contributed by atoms with E-state index in [0.29, 0.717) is 24.5 Å². The van der Waals surface area contributed by atoms with Crippen molar-refractivity contribution in [2.24, 2.45) is 0 Å². The molecule has 0 atom stereocenters. The number of aromatic carboxylic acids is 1. The lowest BCUT2D eigenvalue weighted by molar-refractivity contribution is -0.192. The van der Waals surface area contributed by atoms with Crippen LogP contribution in [0.25, 0.3) is 0 Å². The number of nitrogens with zero attached hydrogens (tertiary/aromatic N) is 2. The average molecular weight is 570 g/mol. The molecule has 0 unspecified atom stereocenters. The van der Waals surface area contributed by atoms with Gasteiger partial charge in [0.15, 0.2) is 0 Å². The van der Waals surface area contributed by atoms with Crippen LogP contribution in [0.2, 0.25) is 5.02 Å². The first-order valence-electron chi connectivity index (χ1n) is 10.5. The highest BCUT2D eigenvalue weighted by molar-refractivity contribution is 7.92. The first-order valence-corrected chi connectivity index (χ1v) is 12.3. The Morgan fingerprint density at radius 3 is 2.11 bits per heavy atom. The maximum atomic E-state index is 13.0. The van der Waals surface area contributed by atoms with Crippen LogP contribution >= 0.6 is 11.6 Å². The quantitative estimate of drug-likeness (QED) is 0.389. The molecule has 0 spiro atoms. The average Bonchev–Trinajstić information content (AvgIpc) is 2.79. The molecule has 0 heterocycles. The van der Waals surface area contributed by atoms with E-state index >= 15 is 0 Å². The number of likely N-dealkylation sites (N-methyl/N-ethyl adjacent to an activating group) is 2. The molecule has 37 heavy (non-hydrogen) atoms. The second kappa shape index (κ2) is 13.4. The van der Waals surface area contributed by atoms with Crippen molar-refractivity contribution in [3.05, 3.63) is 47.0 Å². The van der Waals surface area contributed by atoms with E-state index in [1.807, 2.05) is 30.8 Å². The Hall–Kier alpha value is -3.23. The van der Waals surface area contributed by atoms with Gasteiger partial charge < -0.3 is 24.7 Å². The van der Waals surface area contributed by atoms with Gasteiger partial charge in [0, 0.05) is 19.6 Å². The molecule has 206 valence electrons. The second-order valence-electron chi connectivity index (χ2n) is 7.62. The third kappa shape index (κ3) is 9.63. The molecule has 0 saturated heterocycles. The van der Waals surface area contributed by atoms with Gasteiger partial charge >= 0.3 is 18.1 Å². The summed E-state index contributed by atoms with van der Waals surface area (Å²) in [5.41, 5.74) is 0.753. The lowest BCUT2D eigenvalue weighted by Gasteiger charge is -2.27. The van der Waals surface area contributed by atoms with Crippen molar-refractivity contribution in [1.82, 2.24) is 4.90 Å². The van der Waals surface area contributed by atoms with Gasteiger partial charge in [0.2, 0.25) is 0 Å². The molecule has 2 aromatic rings. The van der Waals surface area contributed by atoms with E-state index in [4.69, 9.17) is 26.2 Å². The van der Waals surface area contributed by atoms with E-state index < -0.39 is 28.1 Å². The van der Waals surface area contributed by atoms with Crippen LogP contribution in [-0.2, 0) is 14.8 Å². The Morgan fingerprint density at radius 1 is 1.08 bits per heavy atom. The molecular formula is C22H27ClF3N3O7S. The minimum Gasteiger partial charge on any atom is -0.495 e. The molecule has 2 aromatic carbocycles. The SMILES string of the molecule is CCN(CCN(C)C)c1ccc(C(=O)O)cc1NS(=O)(=O)c1ccc(OC)c(Cl)c1.O=C(O)C(F)(F)F. The third-order valence-electron chi connectivity index (χ3n) is 4.70. The number of aliphatic carboxylic acids is 1. The molecule has 2 rings (SSSR count). The molecule has 0 radical (unpaired) electrons. The van der Waals surface area contributed by atoms with Gasteiger partial charge in [-0.2, -0.15) is 13.2 Å². The number of carbonyl (C=O) groups is 2. The number of carboxylic acids is 2. The number of carboxylic acid groups (broad SMARTS) is 2. The van der Waals surface area contributed by atoms with E-state index in [0.717, 1.165) is 6.54 Å². The Balaban J connectivity index is 0.000000856. The number of anilines is 2. The monoisotopic (exact) mass is 569 g/mol. The first-order chi connectivity index (χ1) is 17.0. The van der Waals surface area contributed by atoms with Crippen LogP contribution in [-0.4, -0.2) is 82.5 Å². The van der Waals surface area contributed by atoms with E-state index in [9.17, 15) is 31.5 Å². The lowest BCUT2D eigenvalue weighted by atomic mass is 10.1. The Bertz CT molecular complexity index is 1210. The topological polar surface area (TPSA) is 136 Å². The van der Waals surface area contributed by atoms with Gasteiger partial charge in [-0.05, 0) is 57.4 Å². The summed E-state index contributed by atoms with van der Waals surface area (Å²) < 4.78 is 65.3. The Labute approximate surface area is 217 Å². The fourth-order valence-electron chi connectivity index (χ4n) is 2.81. The summed E-state index contributed by atoms with van der Waals surface area (Å²) in [5, 5.41) is 16.6. The largest absolute Gasteiger partial charge is 0.495 e. The number of alkyl halides is 3. The first kappa shape index (κ1) is 31.8. The highest BCUT2D eigenvalue weighted by Gasteiger charge is 2.38. The van der Waals surface area contributed by atoms with Gasteiger partial charge in [0.05, 0.1) is 34.0 Å². The number of hydrogen-bond acceptors (Lipinski definition) is 7. The molecule has 0 aliphatic rings. The molecule has 0 fully saturated rings. The van der Waals surface area contributed by atoms with Gasteiger partial charge in [0.25, 0.3) is 10.0 Å². The fourth-order valence-corrected chi connectivity index (χ4v) is 4.23. The van der Waals surface area contributed by atoms with Gasteiger partial charge in [-0.1, -0.05) is 11.6 Å². The highest BCUT2D eigenvalue weighted by atomic mass is 35.5. The minimum absolute atomic E-state index is 0.0205. The van der Waals surface area contributed by atoms with Crippen molar-refractivity contribution in [2.75, 3.05) is 50.5 Å². The number of hydrogen-bond donors (Lipinski definition) is 3. The number of sulfonamides is 1. The van der Waals surface area contributed by atoms with Gasteiger partial charge in [-0.15, -0.1) is 0 Å². The Morgan fingerprint density at radius 2 is 1.68 bits per heavy atom. The third-order valence-corrected chi connectivity index (χ3v) is 6.36. The Kier molecular flexibility index (Phi) is 11.5.